The maximum Gasteiger partial charge on any atom is 0.509 e. The van der Waals surface area contributed by atoms with E-state index in [0.717, 1.165) is 13.8 Å². The Morgan fingerprint density at radius 1 is 0.968 bits per heavy atom. The van der Waals surface area contributed by atoms with Crippen LogP contribution in [0.2, 0.25) is 0 Å². The molecule has 4 fully saturated rings. The smallest absolute Gasteiger partial charge is 0.454 e. The highest BCUT2D eigenvalue weighted by atomic mass is 16.8. The number of alkyl carbamates (subject to hydrolysis) is 1. The molecule has 3 N–H and O–H groups in total. The summed E-state index contributed by atoms with van der Waals surface area (Å²) in [5.74, 6) is -6.73. The van der Waals surface area contributed by atoms with Gasteiger partial charge in [0.25, 0.3) is 0 Å². The van der Waals surface area contributed by atoms with Crippen LogP contribution in [-0.2, 0) is 57.1 Å². The first kappa shape index (κ1) is 46.4. The molecular weight excluding hydrogens is 814 g/mol. The van der Waals surface area contributed by atoms with Crippen LogP contribution in [0.4, 0.5) is 9.59 Å². The van der Waals surface area contributed by atoms with Crippen LogP contribution in [0.25, 0.3) is 0 Å². The highest BCUT2D eigenvalue weighted by molar-refractivity contribution is 5.96. The molecule has 18 heteroatoms. The van der Waals surface area contributed by atoms with Gasteiger partial charge in [0.2, 0.25) is 5.60 Å². The van der Waals surface area contributed by atoms with Gasteiger partial charge in [-0.3, -0.25) is 14.4 Å². The predicted molar refractivity (Wildman–Crippen MR) is 212 cm³/mol. The van der Waals surface area contributed by atoms with Crippen LogP contribution >= 0.6 is 0 Å². The van der Waals surface area contributed by atoms with Gasteiger partial charge in [0.15, 0.2) is 41.9 Å². The van der Waals surface area contributed by atoms with Crippen molar-refractivity contribution in [3.8, 4) is 0 Å². The third-order valence-corrected chi connectivity index (χ3v) is 12.9. The number of hydrogen-bond acceptors (Lipinski definition) is 17. The van der Waals surface area contributed by atoms with Crippen molar-refractivity contribution in [2.75, 3.05) is 6.61 Å². The Balaban J connectivity index is 1.61. The maximum atomic E-state index is 15.6. The zero-order valence-corrected chi connectivity index (χ0v) is 36.8. The average molecular weight is 872 g/mol. The minimum atomic E-state index is -2.36. The van der Waals surface area contributed by atoms with Crippen molar-refractivity contribution in [3.05, 3.63) is 47.0 Å². The molecule has 1 spiro atoms. The van der Waals surface area contributed by atoms with Crippen LogP contribution in [-0.4, -0.2) is 124 Å². The van der Waals surface area contributed by atoms with Crippen molar-refractivity contribution in [2.24, 2.45) is 22.7 Å². The van der Waals surface area contributed by atoms with Gasteiger partial charge >= 0.3 is 36.1 Å². The number of ketones is 1. The van der Waals surface area contributed by atoms with Crippen LogP contribution in [0.5, 0.6) is 0 Å². The molecule has 2 heterocycles. The summed E-state index contributed by atoms with van der Waals surface area (Å²) in [5, 5.41) is 26.3. The molecule has 3 aliphatic carbocycles. The average Bonchev–Trinajstić information content (AvgIpc) is 3.52. The van der Waals surface area contributed by atoms with Gasteiger partial charge < -0.3 is 53.4 Å². The number of hydrogen-bond donors (Lipinski definition) is 3. The zero-order chi connectivity index (χ0) is 46.1. The number of esters is 4. The molecule has 62 heavy (non-hydrogen) atoms. The van der Waals surface area contributed by atoms with Crippen LogP contribution in [0, 0.1) is 22.7 Å². The highest BCUT2D eigenvalue weighted by Gasteiger charge is 2.83. The third kappa shape index (κ3) is 7.61. The van der Waals surface area contributed by atoms with E-state index >= 15 is 4.79 Å². The quantitative estimate of drug-likeness (QED) is 0.173. The molecule has 2 saturated heterocycles. The molecular formula is C44H57NO17. The summed E-state index contributed by atoms with van der Waals surface area (Å²) in [6, 6.07) is 6.47. The number of rotatable bonds is 10. The molecule has 1 aromatic rings. The molecule has 2 bridgehead atoms. The van der Waals surface area contributed by atoms with Gasteiger partial charge in [0, 0.05) is 25.7 Å². The Hall–Kier alpha value is -5.07. The predicted octanol–water partition coefficient (Wildman–Crippen LogP) is 3.66. The fraction of sp³-hybridized carbons (Fsp3) is 0.659. The number of amides is 1. The molecule has 1 unspecified atom stereocenters. The van der Waals surface area contributed by atoms with E-state index in [1.54, 1.807) is 66.7 Å². The largest absolute Gasteiger partial charge is 0.509 e. The number of aliphatic hydroxyl groups excluding tert-OH is 2. The van der Waals surface area contributed by atoms with Crippen molar-refractivity contribution in [1.82, 2.24) is 5.32 Å². The van der Waals surface area contributed by atoms with Gasteiger partial charge in [-0.2, -0.15) is 0 Å². The van der Waals surface area contributed by atoms with Gasteiger partial charge in [-0.15, -0.1) is 0 Å². The van der Waals surface area contributed by atoms with Crippen LogP contribution in [0.3, 0.4) is 0 Å². The van der Waals surface area contributed by atoms with E-state index in [9.17, 15) is 39.0 Å². The molecule has 5 aliphatic rings. The number of ether oxygens (including phenoxy) is 8. The Kier molecular flexibility index (Phi) is 12.2. The topological polar surface area (TPSA) is 246 Å². The van der Waals surface area contributed by atoms with Crippen molar-refractivity contribution >= 4 is 41.9 Å². The zero-order valence-electron chi connectivity index (χ0n) is 36.8. The standard InChI is InChI=1S/C44H57NO17/c1-20(2)17-25(45-38(53)61-40(6,7)8)29(49)37(52)57-30-21(3)28-31(56-22(4)46)33(50)42(11)26(48)18-27-43(19-55-27,60-23(5)47)32(42)35(58-36(51)24-15-13-12-14-16-24)44(41(28,9)10)34(30)59-39(54)62-44/h12-16,20,25-27,29-32,34-35,48-49H,17-19H2,1-11H3,(H,45,53)/t25-,26+,27-,29-,30-,31-,32+,34+,35+,42-,43+,44?/m1/s1. The lowest BCUT2D eigenvalue weighted by Gasteiger charge is -2.67. The molecule has 6 rings (SSSR count). The summed E-state index contributed by atoms with van der Waals surface area (Å²) >= 11 is 0. The van der Waals surface area contributed by atoms with E-state index < -0.39 is 124 Å². The minimum absolute atomic E-state index is 0.0261. The van der Waals surface area contributed by atoms with Crippen molar-refractivity contribution < 1.29 is 81.7 Å². The van der Waals surface area contributed by atoms with Gasteiger partial charge in [-0.25, -0.2) is 19.2 Å². The van der Waals surface area contributed by atoms with E-state index in [2.05, 4.69) is 5.32 Å². The van der Waals surface area contributed by atoms with E-state index in [1.807, 2.05) is 0 Å². The molecule has 340 valence electrons. The molecule has 12 atom stereocenters. The van der Waals surface area contributed by atoms with Crippen LogP contribution < -0.4 is 5.32 Å². The number of carbonyl (C=O) groups excluding carboxylic acids is 7. The maximum absolute atomic E-state index is 15.6. The summed E-state index contributed by atoms with van der Waals surface area (Å²) in [6.45, 7) is 16.2. The second-order valence-corrected chi connectivity index (χ2v) is 19.0. The van der Waals surface area contributed by atoms with Crippen molar-refractivity contribution in [3.63, 3.8) is 0 Å². The molecule has 2 saturated carbocycles. The molecule has 2 aliphatic heterocycles. The lowest BCUT2D eigenvalue weighted by molar-refractivity contribution is -0.345. The SMILES string of the molecule is CC(=O)O[C@H]1C(=O)[C@@]2(C)[C@H]([C@H](OC(=O)c3ccccc3)C34OC(=O)O[C@H]3[C@H](OC(=O)[C@H](O)[C@@H](CC(C)C)NC(=O)OC(C)(C)C)C(C)=C1C4(C)C)[C@]1(OC(C)=O)CO[C@@H]1C[C@@H]2O. The van der Waals surface area contributed by atoms with Crippen LogP contribution in [0.1, 0.15) is 99.4 Å². The number of benzene rings is 1. The lowest BCUT2D eigenvalue weighted by Crippen LogP contribution is -2.83. The summed E-state index contributed by atoms with van der Waals surface area (Å²) in [6.07, 6.45) is -14.5. The van der Waals surface area contributed by atoms with Gasteiger partial charge in [0.1, 0.15) is 11.7 Å². The first-order valence-electron chi connectivity index (χ1n) is 20.7. The molecule has 18 nitrogen and oxygen atoms in total. The first-order valence-corrected chi connectivity index (χ1v) is 20.7. The number of aliphatic hydroxyl groups is 2. The lowest BCUT2D eigenvalue weighted by atomic mass is 9.44. The fourth-order valence-corrected chi connectivity index (χ4v) is 10.4. The van der Waals surface area contributed by atoms with Gasteiger partial charge in [-0.1, -0.05) is 45.9 Å². The van der Waals surface area contributed by atoms with E-state index in [4.69, 9.17) is 37.9 Å². The van der Waals surface area contributed by atoms with E-state index in [0.29, 0.717) is 0 Å². The first-order chi connectivity index (χ1) is 28.7. The number of fused-ring (bicyclic) bond motifs is 4. The summed E-state index contributed by atoms with van der Waals surface area (Å²) in [5.41, 5.74) is -8.99. The minimum Gasteiger partial charge on any atom is -0.454 e. The van der Waals surface area contributed by atoms with Crippen molar-refractivity contribution in [2.45, 2.75) is 155 Å². The third-order valence-electron chi connectivity index (χ3n) is 12.9. The Labute approximate surface area is 359 Å². The number of carbonyl (C=O) groups is 7. The molecule has 0 radical (unpaired) electrons. The normalized spacial score (nSPS) is 34.2. The Morgan fingerprint density at radius 2 is 1.61 bits per heavy atom. The summed E-state index contributed by atoms with van der Waals surface area (Å²) < 4.78 is 48.1. The van der Waals surface area contributed by atoms with Gasteiger partial charge in [-0.05, 0) is 70.2 Å². The van der Waals surface area contributed by atoms with E-state index in [1.165, 1.54) is 26.0 Å². The second-order valence-electron chi connectivity index (χ2n) is 19.0. The van der Waals surface area contributed by atoms with E-state index in [-0.39, 0.29) is 42.1 Å². The summed E-state index contributed by atoms with van der Waals surface area (Å²) in [4.78, 5) is 97.3. The Morgan fingerprint density at radius 3 is 2.16 bits per heavy atom. The number of Topliss-reactive ketones (excluding diaryl/α,β-unsaturated/α-hetero) is 1. The van der Waals surface area contributed by atoms with Crippen molar-refractivity contribution in [1.29, 1.82) is 0 Å². The van der Waals surface area contributed by atoms with Gasteiger partial charge in [0.05, 0.1) is 35.6 Å². The Bertz CT molecular complexity index is 2040. The summed E-state index contributed by atoms with van der Waals surface area (Å²) in [7, 11) is 0. The number of nitrogens with one attached hydrogen (secondary N) is 1. The highest BCUT2D eigenvalue weighted by Crippen LogP contribution is 2.67. The molecule has 1 aromatic carbocycles. The monoisotopic (exact) mass is 871 g/mol. The molecule has 1 amide bonds. The van der Waals surface area contributed by atoms with Crippen LogP contribution in [0.15, 0.2) is 41.5 Å². The second kappa shape index (κ2) is 16.2. The fourth-order valence-electron chi connectivity index (χ4n) is 10.4. The molecule has 0 aromatic heterocycles.